The Balaban J connectivity index is 1.97. The topological polar surface area (TPSA) is 29.1 Å². The van der Waals surface area contributed by atoms with E-state index in [4.69, 9.17) is 0 Å². The smallest absolute Gasteiger partial charge is 0.216 e. The summed E-state index contributed by atoms with van der Waals surface area (Å²) >= 11 is 0. The van der Waals surface area contributed by atoms with E-state index in [1.165, 1.54) is 25.7 Å². The minimum Gasteiger partial charge on any atom is -0.304 e. The van der Waals surface area contributed by atoms with Crippen LogP contribution in [0.4, 0.5) is 0 Å². The highest BCUT2D eigenvalue weighted by Gasteiger charge is 2.34. The zero-order chi connectivity index (χ0) is 7.68. The van der Waals surface area contributed by atoms with Gasteiger partial charge in [-0.1, -0.05) is 12.8 Å². The van der Waals surface area contributed by atoms with Gasteiger partial charge < -0.3 is 5.32 Å². The summed E-state index contributed by atoms with van der Waals surface area (Å²) in [6.45, 7) is 0. The van der Waals surface area contributed by atoms with Crippen LogP contribution in [-0.2, 0) is 4.79 Å². The van der Waals surface area contributed by atoms with Gasteiger partial charge in [-0.05, 0) is 25.2 Å². The molecule has 0 aromatic rings. The molecule has 0 aromatic carbocycles. The Morgan fingerprint density at radius 1 is 1.27 bits per heavy atom. The fraction of sp³-hybridized carbons (Fsp3) is 0.889. The minimum absolute atomic E-state index is 0.0445. The Labute approximate surface area is 67.4 Å². The van der Waals surface area contributed by atoms with Crippen molar-refractivity contribution >= 4 is 6.29 Å². The van der Waals surface area contributed by atoms with Crippen molar-refractivity contribution in [3.63, 3.8) is 0 Å². The van der Waals surface area contributed by atoms with Gasteiger partial charge in [-0.3, -0.25) is 4.79 Å². The lowest BCUT2D eigenvalue weighted by Crippen LogP contribution is -2.33. The molecule has 3 atom stereocenters. The van der Waals surface area contributed by atoms with E-state index in [0.29, 0.717) is 6.04 Å². The second-order valence-corrected chi connectivity index (χ2v) is 3.72. The summed E-state index contributed by atoms with van der Waals surface area (Å²) in [5.74, 6) is 0.773. The molecule has 1 saturated carbocycles. The second kappa shape index (κ2) is 2.94. The van der Waals surface area contributed by atoms with Crippen LogP contribution in [0.1, 0.15) is 32.1 Å². The number of rotatable bonds is 1. The average Bonchev–Trinajstić information content (AvgIpc) is 2.46. The van der Waals surface area contributed by atoms with Crippen molar-refractivity contribution in [2.45, 2.75) is 44.2 Å². The quantitative estimate of drug-likeness (QED) is 0.607. The van der Waals surface area contributed by atoms with Crippen molar-refractivity contribution in [1.82, 2.24) is 5.32 Å². The van der Waals surface area contributed by atoms with Gasteiger partial charge >= 0.3 is 0 Å². The van der Waals surface area contributed by atoms with E-state index < -0.39 is 0 Å². The molecule has 2 rings (SSSR count). The van der Waals surface area contributed by atoms with Crippen LogP contribution in [0.5, 0.6) is 0 Å². The van der Waals surface area contributed by atoms with Gasteiger partial charge in [0, 0.05) is 6.04 Å². The molecule has 0 spiro atoms. The third kappa shape index (κ3) is 1.32. The Hall–Kier alpha value is -0.370. The molecule has 61 valence electrons. The first kappa shape index (κ1) is 7.29. The van der Waals surface area contributed by atoms with Gasteiger partial charge in [0.25, 0.3) is 0 Å². The molecule has 0 bridgehead atoms. The van der Waals surface area contributed by atoms with Crippen molar-refractivity contribution in [3.05, 3.63) is 0 Å². The predicted molar refractivity (Wildman–Crippen MR) is 43.0 cm³/mol. The summed E-state index contributed by atoms with van der Waals surface area (Å²) in [5, 5.41) is 3.32. The van der Waals surface area contributed by atoms with Crippen molar-refractivity contribution < 1.29 is 4.79 Å². The van der Waals surface area contributed by atoms with Crippen molar-refractivity contribution in [2.24, 2.45) is 5.92 Å². The van der Waals surface area contributed by atoms with E-state index in [-0.39, 0.29) is 6.04 Å². The van der Waals surface area contributed by atoms with Crippen LogP contribution < -0.4 is 5.32 Å². The molecule has 2 heteroatoms. The van der Waals surface area contributed by atoms with Gasteiger partial charge in [-0.15, -0.1) is 0 Å². The van der Waals surface area contributed by atoms with Crippen LogP contribution in [-0.4, -0.2) is 18.4 Å². The molecule has 1 unspecified atom stereocenters. The maximum atomic E-state index is 10.4. The Bertz CT molecular complexity index is 144. The molecule has 1 aliphatic heterocycles. The maximum Gasteiger partial charge on any atom is 0.216 e. The number of fused-ring (bicyclic) bond motifs is 1. The summed E-state index contributed by atoms with van der Waals surface area (Å²) < 4.78 is 0. The molecule has 2 nitrogen and oxygen atoms in total. The van der Waals surface area contributed by atoms with Gasteiger partial charge in [0.1, 0.15) is 0 Å². The summed E-state index contributed by atoms with van der Waals surface area (Å²) in [6.07, 6.45) is 8.37. The van der Waals surface area contributed by atoms with Gasteiger partial charge in [0.2, 0.25) is 6.29 Å². The summed E-state index contributed by atoms with van der Waals surface area (Å²) in [5.41, 5.74) is 0. The fourth-order valence-corrected chi connectivity index (χ4v) is 2.42. The van der Waals surface area contributed by atoms with Crippen LogP contribution in [0.3, 0.4) is 0 Å². The molecular formula is C9H14NO. The molecule has 11 heavy (non-hydrogen) atoms. The monoisotopic (exact) mass is 152 g/mol. The number of nitrogens with one attached hydrogen (secondary N) is 1. The predicted octanol–water partition coefficient (Wildman–Crippen LogP) is 1.02. The molecular weight excluding hydrogens is 138 g/mol. The highest BCUT2D eigenvalue weighted by Crippen LogP contribution is 2.32. The van der Waals surface area contributed by atoms with Crippen LogP contribution in [0.15, 0.2) is 0 Å². The molecule has 0 amide bonds. The van der Waals surface area contributed by atoms with Crippen molar-refractivity contribution in [1.29, 1.82) is 0 Å². The zero-order valence-electron chi connectivity index (χ0n) is 6.68. The third-order valence-corrected chi connectivity index (χ3v) is 3.01. The molecule has 1 radical (unpaired) electrons. The molecule has 1 heterocycles. The van der Waals surface area contributed by atoms with E-state index in [9.17, 15) is 4.79 Å². The van der Waals surface area contributed by atoms with Gasteiger partial charge in [0.05, 0.1) is 6.04 Å². The summed E-state index contributed by atoms with van der Waals surface area (Å²) in [7, 11) is 0. The van der Waals surface area contributed by atoms with Crippen LogP contribution >= 0.6 is 0 Å². The maximum absolute atomic E-state index is 10.4. The lowest BCUT2D eigenvalue weighted by Gasteiger charge is -2.24. The first-order valence-corrected chi connectivity index (χ1v) is 4.54. The van der Waals surface area contributed by atoms with Crippen molar-refractivity contribution in [2.75, 3.05) is 0 Å². The van der Waals surface area contributed by atoms with E-state index in [1.807, 2.05) is 0 Å². The number of hydrogen-bond donors (Lipinski definition) is 1. The van der Waals surface area contributed by atoms with Crippen molar-refractivity contribution in [3.8, 4) is 0 Å². The van der Waals surface area contributed by atoms with E-state index in [2.05, 4.69) is 11.6 Å². The van der Waals surface area contributed by atoms with Gasteiger partial charge in [0.15, 0.2) is 0 Å². The lowest BCUT2D eigenvalue weighted by molar-refractivity contribution is 0.326. The minimum atomic E-state index is 0.0445. The normalized spacial score (nSPS) is 43.5. The van der Waals surface area contributed by atoms with Crippen LogP contribution in [0, 0.1) is 5.92 Å². The number of carbonyl (C=O) groups excluding carboxylic acids is 1. The highest BCUT2D eigenvalue weighted by atomic mass is 16.1. The largest absolute Gasteiger partial charge is 0.304 e. The molecule has 2 aliphatic rings. The van der Waals surface area contributed by atoms with E-state index >= 15 is 0 Å². The van der Waals surface area contributed by atoms with Crippen LogP contribution in [0.2, 0.25) is 0 Å². The lowest BCUT2D eigenvalue weighted by atomic mass is 9.85. The zero-order valence-corrected chi connectivity index (χ0v) is 6.68. The van der Waals surface area contributed by atoms with Gasteiger partial charge in [-0.2, -0.15) is 0 Å². The Kier molecular flexibility index (Phi) is 1.95. The first-order chi connectivity index (χ1) is 5.40. The summed E-state index contributed by atoms with van der Waals surface area (Å²) in [6, 6.07) is 0.679. The average molecular weight is 152 g/mol. The van der Waals surface area contributed by atoms with E-state index in [1.54, 1.807) is 0 Å². The summed E-state index contributed by atoms with van der Waals surface area (Å²) in [4.78, 5) is 10.4. The third-order valence-electron chi connectivity index (χ3n) is 3.01. The molecule has 0 aromatic heterocycles. The highest BCUT2D eigenvalue weighted by molar-refractivity contribution is 5.59. The Morgan fingerprint density at radius 2 is 2.09 bits per heavy atom. The fourth-order valence-electron chi connectivity index (χ4n) is 2.42. The molecule has 1 saturated heterocycles. The Morgan fingerprint density at radius 3 is 2.82 bits per heavy atom. The first-order valence-electron chi connectivity index (χ1n) is 4.54. The van der Waals surface area contributed by atoms with E-state index in [0.717, 1.165) is 12.3 Å². The van der Waals surface area contributed by atoms with Gasteiger partial charge in [-0.25, -0.2) is 0 Å². The molecule has 1 N–H and O–H groups in total. The molecule has 2 fully saturated rings. The standard InChI is InChI=1S/C9H14NO/c11-6-8-5-7-3-1-2-4-9(7)10-8/h7-10H,1-5H2/t7-,8?,9-/m0/s1. The second-order valence-electron chi connectivity index (χ2n) is 3.72. The molecule has 1 aliphatic carbocycles. The number of hydrogen-bond acceptors (Lipinski definition) is 2. The SMILES string of the molecule is O=[C]C1C[C@@H]2CCCC[C@@H]2N1. The van der Waals surface area contributed by atoms with Crippen LogP contribution in [0.25, 0.3) is 0 Å².